The minimum Gasteiger partial charge on any atom is -0.398 e. The molecule has 102 valence electrons. The van der Waals surface area contributed by atoms with Gasteiger partial charge >= 0.3 is 0 Å². The number of nitrogens with zero attached hydrogens (tertiary/aromatic N) is 1. The third kappa shape index (κ3) is 4.30. The highest BCUT2D eigenvalue weighted by atomic mass is 35.5. The molecule has 1 aromatic rings. The molecule has 0 heterocycles. The van der Waals surface area contributed by atoms with Crippen molar-refractivity contribution in [1.82, 2.24) is 0 Å². The summed E-state index contributed by atoms with van der Waals surface area (Å²) in [5.41, 5.74) is 9.59. The molecule has 0 unspecified atom stereocenters. The number of unbranched alkanes of at least 4 members (excludes halogenated alkanes) is 2. The molecule has 18 heavy (non-hydrogen) atoms. The molecule has 0 spiro atoms. The molecule has 0 amide bonds. The van der Waals surface area contributed by atoms with E-state index in [1.165, 1.54) is 0 Å². The van der Waals surface area contributed by atoms with Gasteiger partial charge in [-0.3, -0.25) is 0 Å². The Bertz CT molecular complexity index is 380. The second-order valence-corrected chi connectivity index (χ2v) is 4.43. The molecule has 0 aliphatic carbocycles. The lowest BCUT2D eigenvalue weighted by molar-refractivity contribution is 0.760. The van der Waals surface area contributed by atoms with Crippen molar-refractivity contribution in [2.24, 2.45) is 5.18 Å². The van der Waals surface area contributed by atoms with E-state index < -0.39 is 0 Å². The molecule has 3 nitrogen and oxygen atoms in total. The second kappa shape index (κ2) is 8.92. The lowest BCUT2D eigenvalue weighted by Gasteiger charge is -2.13. The van der Waals surface area contributed by atoms with E-state index in [1.807, 2.05) is 0 Å². The zero-order valence-electron chi connectivity index (χ0n) is 11.2. The van der Waals surface area contributed by atoms with E-state index in [4.69, 9.17) is 5.73 Å². The Morgan fingerprint density at radius 3 is 2.11 bits per heavy atom. The van der Waals surface area contributed by atoms with Crippen LogP contribution in [-0.4, -0.2) is 0 Å². The van der Waals surface area contributed by atoms with Gasteiger partial charge in [0.25, 0.3) is 0 Å². The smallest absolute Gasteiger partial charge is 0.111 e. The zero-order valence-corrected chi connectivity index (χ0v) is 12.1. The molecule has 1 aromatic carbocycles. The standard InChI is InChI=1S/C14H22N2O.ClH/c1-3-5-7-11-12(8-6-4-2)14(16-17)10-9-13(11)15;/h9-10H,3-8,15H2,1-2H3;1H. The number of hydrogen-bond acceptors (Lipinski definition) is 3. The molecule has 0 radical (unpaired) electrons. The van der Waals surface area contributed by atoms with Crippen molar-refractivity contribution in [1.29, 1.82) is 0 Å². The Morgan fingerprint density at radius 1 is 1.06 bits per heavy atom. The molecule has 4 heteroatoms. The summed E-state index contributed by atoms with van der Waals surface area (Å²) in [6.07, 6.45) is 6.27. The van der Waals surface area contributed by atoms with Crippen LogP contribution in [0.3, 0.4) is 0 Å². The van der Waals surface area contributed by atoms with Gasteiger partial charge in [-0.25, -0.2) is 0 Å². The molecular weight excluding hydrogens is 248 g/mol. The fraction of sp³-hybridized carbons (Fsp3) is 0.571. The highest BCUT2D eigenvalue weighted by molar-refractivity contribution is 5.85. The van der Waals surface area contributed by atoms with Gasteiger partial charge in [-0.2, -0.15) is 0 Å². The first-order valence-corrected chi connectivity index (χ1v) is 6.48. The number of rotatable bonds is 7. The van der Waals surface area contributed by atoms with Crippen LogP contribution in [0.25, 0.3) is 0 Å². The quantitative estimate of drug-likeness (QED) is 0.573. The van der Waals surface area contributed by atoms with Crippen LogP contribution in [0.15, 0.2) is 17.3 Å². The lowest BCUT2D eigenvalue weighted by atomic mass is 9.95. The summed E-state index contributed by atoms with van der Waals surface area (Å²) in [5.74, 6) is 0. The molecule has 0 aliphatic rings. The molecule has 0 saturated heterocycles. The average molecular weight is 271 g/mol. The summed E-state index contributed by atoms with van der Waals surface area (Å²) in [6.45, 7) is 4.30. The van der Waals surface area contributed by atoms with Crippen LogP contribution in [0, 0.1) is 4.91 Å². The van der Waals surface area contributed by atoms with Crippen LogP contribution in [0.4, 0.5) is 11.4 Å². The van der Waals surface area contributed by atoms with Crippen molar-refractivity contribution in [2.75, 3.05) is 5.73 Å². The Hall–Kier alpha value is -1.09. The number of halogens is 1. The van der Waals surface area contributed by atoms with E-state index in [0.29, 0.717) is 5.69 Å². The average Bonchev–Trinajstić information content (AvgIpc) is 2.35. The molecule has 2 N–H and O–H groups in total. The van der Waals surface area contributed by atoms with Gasteiger partial charge in [0, 0.05) is 5.69 Å². The van der Waals surface area contributed by atoms with Crippen molar-refractivity contribution in [3.63, 3.8) is 0 Å². The molecule has 0 aromatic heterocycles. The lowest BCUT2D eigenvalue weighted by Crippen LogP contribution is -2.01. The van der Waals surface area contributed by atoms with E-state index in [9.17, 15) is 4.91 Å². The molecular formula is C14H23ClN2O. The summed E-state index contributed by atoms with van der Waals surface area (Å²) in [6, 6.07) is 3.54. The highest BCUT2D eigenvalue weighted by Crippen LogP contribution is 2.30. The number of benzene rings is 1. The Kier molecular flexibility index (Phi) is 8.38. The van der Waals surface area contributed by atoms with Crippen molar-refractivity contribution in [3.8, 4) is 0 Å². The third-order valence-electron chi connectivity index (χ3n) is 3.10. The largest absolute Gasteiger partial charge is 0.398 e. The van der Waals surface area contributed by atoms with Crippen LogP contribution in [0.1, 0.15) is 50.7 Å². The first-order chi connectivity index (χ1) is 8.24. The minimum absolute atomic E-state index is 0. The summed E-state index contributed by atoms with van der Waals surface area (Å²) < 4.78 is 0. The molecule has 0 aliphatic heterocycles. The predicted octanol–water partition coefficient (Wildman–Crippen LogP) is 4.77. The first-order valence-electron chi connectivity index (χ1n) is 6.48. The fourth-order valence-electron chi connectivity index (χ4n) is 2.07. The van der Waals surface area contributed by atoms with Crippen molar-refractivity contribution in [2.45, 2.75) is 52.4 Å². The van der Waals surface area contributed by atoms with E-state index in [2.05, 4.69) is 19.0 Å². The van der Waals surface area contributed by atoms with Gasteiger partial charge in [-0.15, -0.1) is 17.3 Å². The van der Waals surface area contributed by atoms with Gasteiger partial charge in [0.15, 0.2) is 0 Å². The Balaban J connectivity index is 0.00000289. The van der Waals surface area contributed by atoms with E-state index >= 15 is 0 Å². The first kappa shape index (κ1) is 16.9. The number of nitroso groups, excluding NO2 is 1. The number of hydrogen-bond donors (Lipinski definition) is 1. The SMILES string of the molecule is CCCCc1c(N)ccc(N=O)c1CCCC.Cl. The molecule has 0 bridgehead atoms. The normalized spacial score (nSPS) is 9.89. The third-order valence-corrected chi connectivity index (χ3v) is 3.10. The van der Waals surface area contributed by atoms with E-state index in [0.717, 1.165) is 55.3 Å². The van der Waals surface area contributed by atoms with Gasteiger partial charge in [0.1, 0.15) is 5.69 Å². The van der Waals surface area contributed by atoms with Gasteiger partial charge < -0.3 is 5.73 Å². The van der Waals surface area contributed by atoms with Gasteiger partial charge in [0.05, 0.1) is 0 Å². The maximum Gasteiger partial charge on any atom is 0.111 e. The summed E-state index contributed by atoms with van der Waals surface area (Å²) in [7, 11) is 0. The molecule has 0 atom stereocenters. The molecule has 0 fully saturated rings. The van der Waals surface area contributed by atoms with Gasteiger partial charge in [-0.1, -0.05) is 26.7 Å². The maximum atomic E-state index is 10.8. The number of nitrogens with two attached hydrogens (primary N) is 1. The van der Waals surface area contributed by atoms with Crippen LogP contribution in [-0.2, 0) is 12.8 Å². The van der Waals surface area contributed by atoms with E-state index in [1.54, 1.807) is 12.1 Å². The molecule has 0 saturated carbocycles. The van der Waals surface area contributed by atoms with Crippen LogP contribution < -0.4 is 5.73 Å². The van der Waals surface area contributed by atoms with Gasteiger partial charge in [-0.05, 0) is 54.1 Å². The van der Waals surface area contributed by atoms with Crippen LogP contribution in [0.5, 0.6) is 0 Å². The van der Waals surface area contributed by atoms with Crippen molar-refractivity contribution in [3.05, 3.63) is 28.2 Å². The summed E-state index contributed by atoms with van der Waals surface area (Å²) in [5, 5.41) is 3.13. The van der Waals surface area contributed by atoms with Crippen LogP contribution >= 0.6 is 12.4 Å². The topological polar surface area (TPSA) is 55.4 Å². The maximum absolute atomic E-state index is 10.8. The molecule has 1 rings (SSSR count). The van der Waals surface area contributed by atoms with Gasteiger partial charge in [0.2, 0.25) is 0 Å². The highest BCUT2D eigenvalue weighted by Gasteiger charge is 2.11. The Morgan fingerprint density at radius 2 is 1.61 bits per heavy atom. The summed E-state index contributed by atoms with van der Waals surface area (Å²) >= 11 is 0. The predicted molar refractivity (Wildman–Crippen MR) is 80.8 cm³/mol. The number of nitrogen functional groups attached to an aromatic ring is 1. The zero-order chi connectivity index (χ0) is 12.7. The van der Waals surface area contributed by atoms with Crippen LogP contribution in [0.2, 0.25) is 0 Å². The monoisotopic (exact) mass is 270 g/mol. The fourth-order valence-corrected chi connectivity index (χ4v) is 2.07. The van der Waals surface area contributed by atoms with Crippen molar-refractivity contribution < 1.29 is 0 Å². The number of anilines is 1. The minimum atomic E-state index is 0. The van der Waals surface area contributed by atoms with E-state index in [-0.39, 0.29) is 12.4 Å². The second-order valence-electron chi connectivity index (χ2n) is 4.43. The van der Waals surface area contributed by atoms with Crippen molar-refractivity contribution >= 4 is 23.8 Å². The summed E-state index contributed by atoms with van der Waals surface area (Å²) in [4.78, 5) is 10.8. The Labute approximate surface area is 116 Å².